The van der Waals surface area contributed by atoms with Crippen molar-refractivity contribution in [3.8, 4) is 5.75 Å². The van der Waals surface area contributed by atoms with E-state index in [4.69, 9.17) is 4.74 Å². The summed E-state index contributed by atoms with van der Waals surface area (Å²) in [6, 6.07) is 5.78. The predicted molar refractivity (Wildman–Crippen MR) is 88.8 cm³/mol. The standard InChI is InChI=1S/C17H26FNOS/c1-3-19-15(11-13-7-9-21-10-8-13)12-14-5-4-6-16(20-2)17(14)18/h4-6,13,15,19H,3,7-12H2,1-2H3. The number of hydrogen-bond donors (Lipinski definition) is 1. The van der Waals surface area contributed by atoms with Gasteiger partial charge in [-0.1, -0.05) is 19.1 Å². The molecule has 1 N–H and O–H groups in total. The van der Waals surface area contributed by atoms with E-state index in [1.165, 1.54) is 31.5 Å². The molecule has 0 spiro atoms. The molecule has 1 aromatic rings. The second-order valence-electron chi connectivity index (χ2n) is 5.68. The van der Waals surface area contributed by atoms with Crippen LogP contribution >= 0.6 is 11.8 Å². The first-order valence-corrected chi connectivity index (χ1v) is 9.02. The zero-order chi connectivity index (χ0) is 15.1. The Balaban J connectivity index is 2.01. The average molecular weight is 311 g/mol. The number of likely N-dealkylation sites (N-methyl/N-ethyl adjacent to an activating group) is 1. The third-order valence-corrected chi connectivity index (χ3v) is 5.23. The Hall–Kier alpha value is -0.740. The molecule has 0 bridgehead atoms. The van der Waals surface area contributed by atoms with Gasteiger partial charge in [0.1, 0.15) is 0 Å². The van der Waals surface area contributed by atoms with E-state index in [1.807, 2.05) is 12.1 Å². The summed E-state index contributed by atoms with van der Waals surface area (Å²) in [5, 5.41) is 3.53. The lowest BCUT2D eigenvalue weighted by Gasteiger charge is -2.27. The van der Waals surface area contributed by atoms with Gasteiger partial charge in [0, 0.05) is 6.04 Å². The van der Waals surface area contributed by atoms with Crippen LogP contribution in [0.4, 0.5) is 4.39 Å². The Morgan fingerprint density at radius 3 is 2.81 bits per heavy atom. The fraction of sp³-hybridized carbons (Fsp3) is 0.647. The van der Waals surface area contributed by atoms with E-state index in [-0.39, 0.29) is 5.82 Å². The topological polar surface area (TPSA) is 21.3 Å². The minimum atomic E-state index is -0.206. The van der Waals surface area contributed by atoms with Gasteiger partial charge in [0.25, 0.3) is 0 Å². The highest BCUT2D eigenvalue weighted by Gasteiger charge is 2.20. The third kappa shape index (κ3) is 4.89. The lowest BCUT2D eigenvalue weighted by Crippen LogP contribution is -2.34. The molecule has 1 aliphatic rings. The van der Waals surface area contributed by atoms with Crippen molar-refractivity contribution in [3.63, 3.8) is 0 Å². The first-order valence-electron chi connectivity index (χ1n) is 7.87. The number of thioether (sulfide) groups is 1. The first kappa shape index (κ1) is 16.6. The van der Waals surface area contributed by atoms with Crippen molar-refractivity contribution < 1.29 is 9.13 Å². The largest absolute Gasteiger partial charge is 0.494 e. The summed E-state index contributed by atoms with van der Waals surface area (Å²) in [4.78, 5) is 0. The van der Waals surface area contributed by atoms with E-state index in [2.05, 4.69) is 24.0 Å². The van der Waals surface area contributed by atoms with Gasteiger partial charge in [-0.3, -0.25) is 0 Å². The van der Waals surface area contributed by atoms with E-state index >= 15 is 0 Å². The van der Waals surface area contributed by atoms with Crippen molar-refractivity contribution in [2.24, 2.45) is 5.92 Å². The zero-order valence-corrected chi connectivity index (χ0v) is 13.8. The predicted octanol–water partition coefficient (Wildman–Crippen LogP) is 3.89. The normalized spacial score (nSPS) is 17.7. The molecule has 2 rings (SSSR count). The molecule has 0 aromatic heterocycles. The van der Waals surface area contributed by atoms with Gasteiger partial charge in [0.05, 0.1) is 7.11 Å². The van der Waals surface area contributed by atoms with Gasteiger partial charge in [-0.2, -0.15) is 11.8 Å². The first-order chi connectivity index (χ1) is 10.2. The summed E-state index contributed by atoms with van der Waals surface area (Å²) in [6.07, 6.45) is 4.48. The quantitative estimate of drug-likeness (QED) is 0.825. The van der Waals surface area contributed by atoms with Crippen molar-refractivity contribution >= 4 is 11.8 Å². The molecule has 1 fully saturated rings. The van der Waals surface area contributed by atoms with Crippen LogP contribution in [0.3, 0.4) is 0 Å². The van der Waals surface area contributed by atoms with Gasteiger partial charge in [0.15, 0.2) is 11.6 Å². The fourth-order valence-corrected chi connectivity index (χ4v) is 4.25. The maximum Gasteiger partial charge on any atom is 0.168 e. The summed E-state index contributed by atoms with van der Waals surface area (Å²) in [5.74, 6) is 3.47. The Labute approximate surface area is 131 Å². The molecule has 0 amide bonds. The molecule has 0 aliphatic carbocycles. The monoisotopic (exact) mass is 311 g/mol. The Morgan fingerprint density at radius 1 is 1.38 bits per heavy atom. The molecular formula is C17H26FNOS. The molecule has 4 heteroatoms. The molecule has 1 heterocycles. The summed E-state index contributed by atoms with van der Waals surface area (Å²) in [5.41, 5.74) is 0.755. The average Bonchev–Trinajstić information content (AvgIpc) is 2.50. The molecule has 1 saturated heterocycles. The number of hydrogen-bond acceptors (Lipinski definition) is 3. The van der Waals surface area contributed by atoms with Gasteiger partial charge < -0.3 is 10.1 Å². The Bertz CT molecular complexity index is 435. The van der Waals surface area contributed by atoms with Crippen LogP contribution < -0.4 is 10.1 Å². The SMILES string of the molecule is CCNC(Cc1cccc(OC)c1F)CC1CCSCC1. The van der Waals surface area contributed by atoms with E-state index in [0.717, 1.165) is 30.9 Å². The number of nitrogens with one attached hydrogen (secondary N) is 1. The maximum atomic E-state index is 14.3. The van der Waals surface area contributed by atoms with E-state index in [1.54, 1.807) is 6.07 Å². The van der Waals surface area contributed by atoms with Crippen molar-refractivity contribution in [2.45, 2.75) is 38.6 Å². The second kappa shape index (κ2) is 8.64. The van der Waals surface area contributed by atoms with Crippen molar-refractivity contribution in [1.29, 1.82) is 0 Å². The molecule has 118 valence electrons. The van der Waals surface area contributed by atoms with Gasteiger partial charge in [-0.15, -0.1) is 0 Å². The molecular weight excluding hydrogens is 285 g/mol. The Kier molecular flexibility index (Phi) is 6.84. The van der Waals surface area contributed by atoms with Crippen molar-refractivity contribution in [1.82, 2.24) is 5.32 Å². The van der Waals surface area contributed by atoms with Gasteiger partial charge >= 0.3 is 0 Å². The van der Waals surface area contributed by atoms with Crippen molar-refractivity contribution in [3.05, 3.63) is 29.6 Å². The summed E-state index contributed by atoms with van der Waals surface area (Å²) in [7, 11) is 1.52. The highest BCUT2D eigenvalue weighted by atomic mass is 32.2. The highest BCUT2D eigenvalue weighted by molar-refractivity contribution is 7.99. The minimum Gasteiger partial charge on any atom is -0.494 e. The fourth-order valence-electron chi connectivity index (χ4n) is 3.05. The number of methoxy groups -OCH3 is 1. The highest BCUT2D eigenvalue weighted by Crippen LogP contribution is 2.28. The Morgan fingerprint density at radius 2 is 2.14 bits per heavy atom. The number of rotatable bonds is 7. The molecule has 0 saturated carbocycles. The maximum absolute atomic E-state index is 14.3. The van der Waals surface area contributed by atoms with Gasteiger partial charge in [-0.05, 0) is 61.3 Å². The lowest BCUT2D eigenvalue weighted by atomic mass is 9.91. The third-order valence-electron chi connectivity index (χ3n) is 4.18. The summed E-state index contributed by atoms with van der Waals surface area (Å²) >= 11 is 2.05. The van der Waals surface area contributed by atoms with E-state index < -0.39 is 0 Å². The van der Waals surface area contributed by atoms with Crippen LogP contribution in [0.1, 0.15) is 31.7 Å². The summed E-state index contributed by atoms with van der Waals surface area (Å²) < 4.78 is 19.4. The molecule has 21 heavy (non-hydrogen) atoms. The zero-order valence-electron chi connectivity index (χ0n) is 13.0. The number of benzene rings is 1. The summed E-state index contributed by atoms with van der Waals surface area (Å²) in [6.45, 7) is 3.05. The number of ether oxygens (including phenoxy) is 1. The number of halogens is 1. The molecule has 1 unspecified atom stereocenters. The minimum absolute atomic E-state index is 0.206. The molecule has 2 nitrogen and oxygen atoms in total. The van der Waals surface area contributed by atoms with Gasteiger partial charge in [0.2, 0.25) is 0 Å². The van der Waals surface area contributed by atoms with Crippen LogP contribution in [-0.2, 0) is 6.42 Å². The van der Waals surface area contributed by atoms with Crippen LogP contribution in [-0.4, -0.2) is 31.2 Å². The molecule has 1 aliphatic heterocycles. The van der Waals surface area contributed by atoms with Crippen LogP contribution in [0.15, 0.2) is 18.2 Å². The lowest BCUT2D eigenvalue weighted by molar-refractivity contribution is 0.358. The van der Waals surface area contributed by atoms with Crippen LogP contribution in [0.5, 0.6) is 5.75 Å². The van der Waals surface area contributed by atoms with Gasteiger partial charge in [-0.25, -0.2) is 4.39 Å². The second-order valence-corrected chi connectivity index (χ2v) is 6.91. The molecule has 1 atom stereocenters. The van der Waals surface area contributed by atoms with Crippen LogP contribution in [0.25, 0.3) is 0 Å². The smallest absolute Gasteiger partial charge is 0.168 e. The van der Waals surface area contributed by atoms with Crippen LogP contribution in [0, 0.1) is 11.7 Å². The van der Waals surface area contributed by atoms with Crippen LogP contribution in [0.2, 0.25) is 0 Å². The van der Waals surface area contributed by atoms with E-state index in [0.29, 0.717) is 11.8 Å². The van der Waals surface area contributed by atoms with E-state index in [9.17, 15) is 4.39 Å². The molecule has 1 aromatic carbocycles. The molecule has 0 radical (unpaired) electrons. The van der Waals surface area contributed by atoms with Crippen molar-refractivity contribution in [2.75, 3.05) is 25.2 Å².